The molecular formula is C16H18N4O2S. The smallest absolute Gasteiger partial charge is 0.262 e. The fraction of sp³-hybridized carbons (Fsp3) is 0.312. The molecule has 2 heterocycles. The lowest BCUT2D eigenvalue weighted by molar-refractivity contribution is 0.179. The number of hydrogen-bond donors (Lipinski definition) is 1. The standard InChI is InChI=1S/C16H18N4O2S/c1-16(2,10-22-3)23-15-18-13-12(14(21)19-15)9-17-20(13)11-7-5-4-6-8-11/h4-9H,10H2,1-3H3,(H,18,19,21). The molecular weight excluding hydrogens is 312 g/mol. The summed E-state index contributed by atoms with van der Waals surface area (Å²) in [5, 5.41) is 5.33. The van der Waals surface area contributed by atoms with E-state index in [4.69, 9.17) is 4.74 Å². The maximum absolute atomic E-state index is 12.3. The third-order valence-corrected chi connectivity index (χ3v) is 4.34. The van der Waals surface area contributed by atoms with Crippen LogP contribution >= 0.6 is 11.8 Å². The molecule has 2 aromatic heterocycles. The van der Waals surface area contributed by atoms with E-state index in [0.29, 0.717) is 22.8 Å². The molecule has 3 aromatic rings. The second-order valence-corrected chi connectivity index (χ2v) is 7.49. The van der Waals surface area contributed by atoms with E-state index < -0.39 is 0 Å². The molecule has 0 atom stereocenters. The van der Waals surface area contributed by atoms with Crippen LogP contribution in [0.4, 0.5) is 0 Å². The summed E-state index contributed by atoms with van der Waals surface area (Å²) in [6.07, 6.45) is 1.54. The lowest BCUT2D eigenvalue weighted by atomic mass is 10.2. The van der Waals surface area contributed by atoms with Crippen LogP contribution in [-0.2, 0) is 4.74 Å². The topological polar surface area (TPSA) is 72.8 Å². The highest BCUT2D eigenvalue weighted by Crippen LogP contribution is 2.30. The van der Waals surface area contributed by atoms with E-state index in [1.807, 2.05) is 44.2 Å². The first-order valence-corrected chi connectivity index (χ1v) is 8.03. The van der Waals surface area contributed by atoms with Gasteiger partial charge in [0.1, 0.15) is 5.39 Å². The molecule has 0 aliphatic carbocycles. The maximum Gasteiger partial charge on any atom is 0.262 e. The Bertz CT molecular complexity index is 871. The Morgan fingerprint density at radius 2 is 2.04 bits per heavy atom. The van der Waals surface area contributed by atoms with E-state index >= 15 is 0 Å². The number of rotatable bonds is 5. The quantitative estimate of drug-likeness (QED) is 0.575. The number of para-hydroxylation sites is 1. The second kappa shape index (κ2) is 6.17. The summed E-state index contributed by atoms with van der Waals surface area (Å²) in [4.78, 5) is 19.7. The van der Waals surface area contributed by atoms with Gasteiger partial charge in [0, 0.05) is 11.9 Å². The molecule has 0 fully saturated rings. The molecule has 23 heavy (non-hydrogen) atoms. The first-order chi connectivity index (χ1) is 11.0. The molecule has 0 saturated heterocycles. The number of benzene rings is 1. The summed E-state index contributed by atoms with van der Waals surface area (Å²) in [5.41, 5.74) is 1.23. The van der Waals surface area contributed by atoms with E-state index in [2.05, 4.69) is 15.1 Å². The fourth-order valence-corrected chi connectivity index (χ4v) is 3.32. The highest BCUT2D eigenvalue weighted by Gasteiger charge is 2.22. The zero-order valence-corrected chi connectivity index (χ0v) is 14.1. The molecule has 7 heteroatoms. The van der Waals surface area contributed by atoms with Gasteiger partial charge in [0.2, 0.25) is 0 Å². The van der Waals surface area contributed by atoms with Crippen LogP contribution in [0.5, 0.6) is 0 Å². The Morgan fingerprint density at radius 3 is 2.74 bits per heavy atom. The monoisotopic (exact) mass is 330 g/mol. The third kappa shape index (κ3) is 3.30. The van der Waals surface area contributed by atoms with Crippen molar-refractivity contribution in [1.29, 1.82) is 0 Å². The van der Waals surface area contributed by atoms with Gasteiger partial charge in [-0.25, -0.2) is 9.67 Å². The van der Waals surface area contributed by atoms with Gasteiger partial charge in [-0.3, -0.25) is 4.79 Å². The lowest BCUT2D eigenvalue weighted by Gasteiger charge is -2.21. The SMILES string of the molecule is COCC(C)(C)Sc1nc2c(cnn2-c2ccccc2)c(=O)[nH]1. The minimum atomic E-state index is -0.198. The Labute approximate surface area is 137 Å². The number of fused-ring (bicyclic) bond motifs is 1. The molecule has 0 amide bonds. The van der Waals surface area contributed by atoms with E-state index in [1.165, 1.54) is 11.8 Å². The number of aromatic nitrogens is 4. The molecule has 0 aliphatic rings. The number of ether oxygens (including phenoxy) is 1. The van der Waals surface area contributed by atoms with Gasteiger partial charge in [0.25, 0.3) is 5.56 Å². The number of aromatic amines is 1. The average molecular weight is 330 g/mol. The maximum atomic E-state index is 12.3. The summed E-state index contributed by atoms with van der Waals surface area (Å²) >= 11 is 1.47. The highest BCUT2D eigenvalue weighted by molar-refractivity contribution is 8.00. The predicted octanol–water partition coefficient (Wildman–Crippen LogP) is 2.63. The number of hydrogen-bond acceptors (Lipinski definition) is 5. The molecule has 0 unspecified atom stereocenters. The minimum absolute atomic E-state index is 0.187. The van der Waals surface area contributed by atoms with Gasteiger partial charge in [-0.05, 0) is 26.0 Å². The van der Waals surface area contributed by atoms with Crippen LogP contribution in [0.25, 0.3) is 16.7 Å². The van der Waals surface area contributed by atoms with Gasteiger partial charge in [-0.1, -0.05) is 30.0 Å². The van der Waals surface area contributed by atoms with Crippen molar-refractivity contribution in [2.45, 2.75) is 23.8 Å². The molecule has 0 aliphatic heterocycles. The molecule has 120 valence electrons. The van der Waals surface area contributed by atoms with Crippen LogP contribution in [0.15, 0.2) is 46.5 Å². The number of thioether (sulfide) groups is 1. The number of nitrogens with one attached hydrogen (secondary N) is 1. The number of H-pyrrole nitrogens is 1. The highest BCUT2D eigenvalue weighted by atomic mass is 32.2. The van der Waals surface area contributed by atoms with Gasteiger partial charge in [0.05, 0.1) is 18.5 Å². The normalized spacial score (nSPS) is 12.0. The van der Waals surface area contributed by atoms with Gasteiger partial charge in [0.15, 0.2) is 10.8 Å². The number of nitrogens with zero attached hydrogens (tertiary/aromatic N) is 3. The zero-order valence-electron chi connectivity index (χ0n) is 13.2. The van der Waals surface area contributed by atoms with Crippen molar-refractivity contribution in [3.05, 3.63) is 46.9 Å². The summed E-state index contributed by atoms with van der Waals surface area (Å²) in [6.45, 7) is 4.64. The van der Waals surface area contributed by atoms with Crippen molar-refractivity contribution in [3.8, 4) is 5.69 Å². The summed E-state index contributed by atoms with van der Waals surface area (Å²) in [6, 6.07) is 9.64. The fourth-order valence-electron chi connectivity index (χ4n) is 2.34. The Hall–Kier alpha value is -2.12. The van der Waals surface area contributed by atoms with Gasteiger partial charge in [-0.2, -0.15) is 5.10 Å². The van der Waals surface area contributed by atoms with Gasteiger partial charge < -0.3 is 9.72 Å². The largest absolute Gasteiger partial charge is 0.383 e. The molecule has 6 nitrogen and oxygen atoms in total. The first kappa shape index (κ1) is 15.8. The van der Waals surface area contributed by atoms with Crippen LogP contribution in [0.1, 0.15) is 13.8 Å². The predicted molar refractivity (Wildman–Crippen MR) is 91.3 cm³/mol. The molecule has 0 radical (unpaired) electrons. The zero-order chi connectivity index (χ0) is 16.4. The van der Waals surface area contributed by atoms with Gasteiger partial charge >= 0.3 is 0 Å². The minimum Gasteiger partial charge on any atom is -0.383 e. The lowest BCUT2D eigenvalue weighted by Crippen LogP contribution is -2.23. The molecule has 0 spiro atoms. The van der Waals surface area contributed by atoms with Crippen molar-refractivity contribution >= 4 is 22.8 Å². The van der Waals surface area contributed by atoms with E-state index in [1.54, 1.807) is 18.0 Å². The summed E-state index contributed by atoms with van der Waals surface area (Å²) in [5.74, 6) is 0. The molecule has 0 saturated carbocycles. The van der Waals surface area contributed by atoms with E-state index in [-0.39, 0.29) is 10.3 Å². The van der Waals surface area contributed by atoms with Crippen molar-refractivity contribution in [2.24, 2.45) is 0 Å². The third-order valence-electron chi connectivity index (χ3n) is 3.28. The van der Waals surface area contributed by atoms with Crippen LogP contribution < -0.4 is 5.56 Å². The van der Waals surface area contributed by atoms with Crippen molar-refractivity contribution < 1.29 is 4.74 Å². The average Bonchev–Trinajstić information content (AvgIpc) is 2.92. The second-order valence-electron chi connectivity index (χ2n) is 5.80. The Balaban J connectivity index is 2.08. The van der Waals surface area contributed by atoms with Crippen LogP contribution in [-0.4, -0.2) is 38.2 Å². The van der Waals surface area contributed by atoms with Crippen LogP contribution in [0, 0.1) is 0 Å². The van der Waals surface area contributed by atoms with Gasteiger partial charge in [-0.15, -0.1) is 0 Å². The Kier molecular flexibility index (Phi) is 4.23. The molecule has 1 N–H and O–H groups in total. The number of methoxy groups -OCH3 is 1. The molecule has 3 rings (SSSR count). The first-order valence-electron chi connectivity index (χ1n) is 7.21. The van der Waals surface area contributed by atoms with E-state index in [0.717, 1.165) is 5.69 Å². The van der Waals surface area contributed by atoms with Crippen LogP contribution in [0.2, 0.25) is 0 Å². The Morgan fingerprint density at radius 1 is 1.30 bits per heavy atom. The van der Waals surface area contributed by atoms with E-state index in [9.17, 15) is 4.79 Å². The van der Waals surface area contributed by atoms with Crippen molar-refractivity contribution in [3.63, 3.8) is 0 Å². The summed E-state index contributed by atoms with van der Waals surface area (Å²) in [7, 11) is 1.66. The van der Waals surface area contributed by atoms with Crippen LogP contribution in [0.3, 0.4) is 0 Å². The molecule has 1 aromatic carbocycles. The van der Waals surface area contributed by atoms with Crippen molar-refractivity contribution in [1.82, 2.24) is 19.7 Å². The molecule has 0 bridgehead atoms. The summed E-state index contributed by atoms with van der Waals surface area (Å²) < 4.78 is 6.70. The van der Waals surface area contributed by atoms with Crippen molar-refractivity contribution in [2.75, 3.05) is 13.7 Å².